The van der Waals surface area contributed by atoms with Crippen molar-refractivity contribution in [2.24, 2.45) is 0 Å². The third kappa shape index (κ3) is 4.02. The lowest BCUT2D eigenvalue weighted by Gasteiger charge is -2.11. The summed E-state index contributed by atoms with van der Waals surface area (Å²) >= 11 is 0. The molecular formula is C11H14N2O5S. The number of hydrogen-bond acceptors (Lipinski definition) is 5. The zero-order chi connectivity index (χ0) is 14.6. The Morgan fingerprint density at radius 2 is 2.21 bits per heavy atom. The van der Waals surface area contributed by atoms with Gasteiger partial charge >= 0.3 is 5.97 Å². The van der Waals surface area contributed by atoms with Crippen LogP contribution in [0, 0.1) is 10.1 Å². The maximum Gasteiger partial charge on any atom is 0.342 e. The molecule has 1 aromatic carbocycles. The number of anilines is 1. The fourth-order valence-corrected chi connectivity index (χ4v) is 1.67. The van der Waals surface area contributed by atoms with Gasteiger partial charge < -0.3 is 10.4 Å². The maximum absolute atomic E-state index is 11.2. The first-order valence-corrected chi connectivity index (χ1v) is 7.03. The number of nitro benzene ring substituents is 1. The quantitative estimate of drug-likeness (QED) is 0.605. The Labute approximate surface area is 112 Å². The second-order valence-electron chi connectivity index (χ2n) is 3.98. The van der Waals surface area contributed by atoms with Crippen molar-refractivity contribution in [3.05, 3.63) is 33.9 Å². The SMILES string of the molecule is CC(CNc1ccc(C(=O)O)c([N+](=O)[O-])c1)S(C)=O. The van der Waals surface area contributed by atoms with Crippen LogP contribution in [0.15, 0.2) is 18.2 Å². The molecule has 0 amide bonds. The highest BCUT2D eigenvalue weighted by atomic mass is 32.2. The molecule has 2 atom stereocenters. The molecule has 0 heterocycles. The summed E-state index contributed by atoms with van der Waals surface area (Å²) in [6.45, 7) is 2.16. The molecule has 1 rings (SSSR count). The second kappa shape index (κ2) is 6.28. The van der Waals surface area contributed by atoms with Gasteiger partial charge in [-0.2, -0.15) is 0 Å². The predicted molar refractivity (Wildman–Crippen MR) is 72.1 cm³/mol. The van der Waals surface area contributed by atoms with E-state index in [2.05, 4.69) is 5.32 Å². The minimum atomic E-state index is -1.35. The van der Waals surface area contributed by atoms with Gasteiger partial charge in [0.1, 0.15) is 5.56 Å². The average Bonchev–Trinajstić information content (AvgIpc) is 2.35. The molecule has 19 heavy (non-hydrogen) atoms. The average molecular weight is 286 g/mol. The molecule has 1 aromatic rings. The third-order valence-corrected chi connectivity index (χ3v) is 3.89. The molecule has 0 saturated heterocycles. The van der Waals surface area contributed by atoms with Crippen LogP contribution in [-0.2, 0) is 10.8 Å². The number of nitrogens with zero attached hydrogens (tertiary/aromatic N) is 1. The van der Waals surface area contributed by atoms with Crippen LogP contribution < -0.4 is 5.32 Å². The highest BCUT2D eigenvalue weighted by molar-refractivity contribution is 7.84. The van der Waals surface area contributed by atoms with E-state index < -0.39 is 27.4 Å². The van der Waals surface area contributed by atoms with E-state index >= 15 is 0 Å². The van der Waals surface area contributed by atoms with Crippen molar-refractivity contribution in [3.8, 4) is 0 Å². The van der Waals surface area contributed by atoms with E-state index in [9.17, 15) is 19.1 Å². The molecule has 0 fully saturated rings. The number of nitro groups is 1. The van der Waals surface area contributed by atoms with E-state index in [1.54, 1.807) is 13.2 Å². The highest BCUT2D eigenvalue weighted by Gasteiger charge is 2.20. The summed E-state index contributed by atoms with van der Waals surface area (Å²) in [6.07, 6.45) is 1.57. The fourth-order valence-electron chi connectivity index (χ4n) is 1.35. The first-order valence-electron chi connectivity index (χ1n) is 5.40. The third-order valence-electron chi connectivity index (χ3n) is 2.59. The second-order valence-corrected chi connectivity index (χ2v) is 5.79. The van der Waals surface area contributed by atoms with Crippen molar-refractivity contribution in [1.29, 1.82) is 0 Å². The predicted octanol–water partition coefficient (Wildman–Crippen LogP) is 1.47. The Morgan fingerprint density at radius 1 is 1.58 bits per heavy atom. The van der Waals surface area contributed by atoms with E-state index in [-0.39, 0.29) is 10.8 Å². The van der Waals surface area contributed by atoms with Crippen molar-refractivity contribution in [1.82, 2.24) is 0 Å². The Bertz CT molecular complexity index is 532. The van der Waals surface area contributed by atoms with Crippen LogP contribution in [0.25, 0.3) is 0 Å². The van der Waals surface area contributed by atoms with Gasteiger partial charge in [-0.3, -0.25) is 14.3 Å². The zero-order valence-electron chi connectivity index (χ0n) is 10.5. The summed E-state index contributed by atoms with van der Waals surface area (Å²) in [7, 11) is -1.00. The van der Waals surface area contributed by atoms with Gasteiger partial charge in [0.15, 0.2) is 0 Å². The first-order chi connectivity index (χ1) is 8.82. The number of rotatable bonds is 6. The minimum Gasteiger partial charge on any atom is -0.477 e. The molecule has 0 bridgehead atoms. The molecule has 0 spiro atoms. The number of nitrogens with one attached hydrogen (secondary N) is 1. The van der Waals surface area contributed by atoms with Gasteiger partial charge in [-0.05, 0) is 19.1 Å². The number of benzene rings is 1. The van der Waals surface area contributed by atoms with E-state index in [1.807, 2.05) is 0 Å². The van der Waals surface area contributed by atoms with Gasteiger partial charge in [0.05, 0.1) is 4.92 Å². The molecule has 0 aliphatic rings. The first kappa shape index (κ1) is 15.1. The van der Waals surface area contributed by atoms with Gasteiger partial charge in [0, 0.05) is 40.6 Å². The van der Waals surface area contributed by atoms with Crippen molar-refractivity contribution < 1.29 is 19.0 Å². The fraction of sp³-hybridized carbons (Fsp3) is 0.364. The van der Waals surface area contributed by atoms with Crippen LogP contribution in [0.5, 0.6) is 0 Å². The standard InChI is InChI=1S/C11H14N2O5S/c1-7(19(2)18)6-12-8-3-4-9(11(14)15)10(5-8)13(16)17/h3-5,7,12H,6H2,1-2H3,(H,14,15). The van der Waals surface area contributed by atoms with Crippen LogP contribution in [-0.4, -0.2) is 38.3 Å². The van der Waals surface area contributed by atoms with Crippen LogP contribution in [0.1, 0.15) is 17.3 Å². The summed E-state index contributed by atoms with van der Waals surface area (Å²) in [5.41, 5.74) is -0.403. The van der Waals surface area contributed by atoms with Gasteiger partial charge in [-0.25, -0.2) is 4.79 Å². The van der Waals surface area contributed by atoms with Gasteiger partial charge in [-0.15, -0.1) is 0 Å². The molecule has 0 aliphatic carbocycles. The molecule has 0 aliphatic heterocycles. The van der Waals surface area contributed by atoms with E-state index in [4.69, 9.17) is 5.11 Å². The van der Waals surface area contributed by atoms with Crippen LogP contribution in [0.2, 0.25) is 0 Å². The maximum atomic E-state index is 11.2. The van der Waals surface area contributed by atoms with Crippen LogP contribution in [0.3, 0.4) is 0 Å². The normalized spacial score (nSPS) is 13.6. The molecule has 0 radical (unpaired) electrons. The summed E-state index contributed by atoms with van der Waals surface area (Å²) in [6, 6.07) is 3.78. The van der Waals surface area contributed by atoms with E-state index in [0.29, 0.717) is 12.2 Å². The van der Waals surface area contributed by atoms with Crippen LogP contribution >= 0.6 is 0 Å². The molecule has 2 unspecified atom stereocenters. The number of carboxylic acids is 1. The highest BCUT2D eigenvalue weighted by Crippen LogP contribution is 2.23. The monoisotopic (exact) mass is 286 g/mol. The van der Waals surface area contributed by atoms with Gasteiger partial charge in [-0.1, -0.05) is 0 Å². The molecular weight excluding hydrogens is 272 g/mol. The number of aromatic carboxylic acids is 1. The number of carboxylic acid groups (broad SMARTS) is 1. The molecule has 104 valence electrons. The van der Waals surface area contributed by atoms with Crippen molar-refractivity contribution in [2.75, 3.05) is 18.1 Å². The molecule has 7 nitrogen and oxygen atoms in total. The lowest BCUT2D eigenvalue weighted by molar-refractivity contribution is -0.385. The Kier molecular flexibility index (Phi) is 4.99. The molecule has 8 heteroatoms. The number of carbonyl (C=O) groups is 1. The van der Waals surface area contributed by atoms with Crippen molar-refractivity contribution in [3.63, 3.8) is 0 Å². The largest absolute Gasteiger partial charge is 0.477 e. The van der Waals surface area contributed by atoms with Crippen molar-refractivity contribution in [2.45, 2.75) is 12.2 Å². The molecule has 2 N–H and O–H groups in total. The Balaban J connectivity index is 2.93. The van der Waals surface area contributed by atoms with E-state index in [1.165, 1.54) is 12.1 Å². The van der Waals surface area contributed by atoms with Crippen LogP contribution in [0.4, 0.5) is 11.4 Å². The smallest absolute Gasteiger partial charge is 0.342 e. The Morgan fingerprint density at radius 3 is 2.68 bits per heavy atom. The minimum absolute atomic E-state index is 0.113. The van der Waals surface area contributed by atoms with Gasteiger partial charge in [0.2, 0.25) is 0 Å². The lowest BCUT2D eigenvalue weighted by atomic mass is 10.1. The summed E-state index contributed by atoms with van der Waals surface area (Å²) < 4.78 is 11.2. The summed E-state index contributed by atoms with van der Waals surface area (Å²) in [5, 5.41) is 22.4. The van der Waals surface area contributed by atoms with Gasteiger partial charge in [0.25, 0.3) is 5.69 Å². The summed E-state index contributed by atoms with van der Waals surface area (Å²) in [4.78, 5) is 20.9. The molecule has 0 aromatic heterocycles. The topological polar surface area (TPSA) is 110 Å². The zero-order valence-corrected chi connectivity index (χ0v) is 11.3. The number of hydrogen-bond donors (Lipinski definition) is 2. The van der Waals surface area contributed by atoms with Crippen molar-refractivity contribution >= 4 is 28.1 Å². The summed E-state index contributed by atoms with van der Waals surface area (Å²) in [5.74, 6) is -1.35. The van der Waals surface area contributed by atoms with E-state index in [0.717, 1.165) is 6.07 Å². The molecule has 0 saturated carbocycles. The Hall–Kier alpha value is -1.96. The lowest BCUT2D eigenvalue weighted by Crippen LogP contribution is -2.20.